The number of hydrogen-bond donors (Lipinski definition) is 2. The van der Waals surface area contributed by atoms with Gasteiger partial charge in [0, 0.05) is 38.6 Å². The Hall–Kier alpha value is -0.850. The van der Waals surface area contributed by atoms with Crippen molar-refractivity contribution in [2.75, 3.05) is 32.8 Å². The molecule has 25 heavy (non-hydrogen) atoms. The van der Waals surface area contributed by atoms with Crippen LogP contribution in [0.25, 0.3) is 0 Å². The number of hydrogen-bond acceptors (Lipinski definition) is 4. The van der Waals surface area contributed by atoms with Crippen molar-refractivity contribution in [2.45, 2.75) is 38.0 Å². The van der Waals surface area contributed by atoms with E-state index in [2.05, 4.69) is 39.8 Å². The first-order valence-corrected chi connectivity index (χ1v) is 8.67. The summed E-state index contributed by atoms with van der Waals surface area (Å²) in [6, 6.07) is 10.9. The number of nitrogens with zero attached hydrogens (tertiary/aromatic N) is 1. The number of ether oxygens (including phenoxy) is 1. The van der Waals surface area contributed by atoms with Gasteiger partial charge in [0.05, 0.1) is 12.7 Å². The van der Waals surface area contributed by atoms with Gasteiger partial charge >= 0.3 is 0 Å². The van der Waals surface area contributed by atoms with Crippen molar-refractivity contribution in [3.63, 3.8) is 0 Å². The van der Waals surface area contributed by atoms with Gasteiger partial charge in [-0.2, -0.15) is 0 Å². The van der Waals surface area contributed by atoms with Crippen LogP contribution in [0.3, 0.4) is 0 Å². The van der Waals surface area contributed by atoms with Gasteiger partial charge in [-0.3, -0.25) is 9.69 Å². The van der Waals surface area contributed by atoms with Crippen molar-refractivity contribution in [2.24, 2.45) is 0 Å². The standard InChI is InChI=1S/C18H27N3O2.2ClH/c22-18(11-16-7-4-8-19-16)20-12-17-14-21(9-10-23-17)13-15-5-2-1-3-6-15;;/h1-3,5-6,16-17,19H,4,7-14H2,(H,20,22);2*1H. The maximum Gasteiger partial charge on any atom is 0.221 e. The van der Waals surface area contributed by atoms with Crippen molar-refractivity contribution >= 4 is 30.7 Å². The third kappa shape index (κ3) is 7.50. The third-order valence-electron chi connectivity index (χ3n) is 4.59. The molecular weight excluding hydrogens is 361 g/mol. The molecule has 1 aromatic rings. The van der Waals surface area contributed by atoms with Crippen LogP contribution in [0.5, 0.6) is 0 Å². The van der Waals surface area contributed by atoms with Crippen LogP contribution in [0.1, 0.15) is 24.8 Å². The Kier molecular flexibility index (Phi) is 10.4. The van der Waals surface area contributed by atoms with Crippen molar-refractivity contribution < 1.29 is 9.53 Å². The SMILES string of the molecule is Cl.Cl.O=C(CC1CCCN1)NCC1CN(Cc2ccccc2)CCO1. The van der Waals surface area contributed by atoms with Gasteiger partial charge in [0.15, 0.2) is 0 Å². The lowest BCUT2D eigenvalue weighted by Crippen LogP contribution is -2.47. The summed E-state index contributed by atoms with van der Waals surface area (Å²) >= 11 is 0. The maximum absolute atomic E-state index is 12.0. The molecule has 2 atom stereocenters. The molecule has 142 valence electrons. The molecule has 1 aromatic carbocycles. The Bertz CT molecular complexity index is 498. The second-order valence-corrected chi connectivity index (χ2v) is 6.51. The van der Waals surface area contributed by atoms with Crippen LogP contribution in [0, 0.1) is 0 Å². The quantitative estimate of drug-likeness (QED) is 0.780. The summed E-state index contributed by atoms with van der Waals surface area (Å²) in [6.45, 7) is 5.15. The highest BCUT2D eigenvalue weighted by Gasteiger charge is 2.22. The minimum absolute atomic E-state index is 0. The second kappa shape index (κ2) is 11.7. The van der Waals surface area contributed by atoms with E-state index in [0.29, 0.717) is 19.0 Å². The number of rotatable bonds is 6. The molecular formula is C18H29Cl2N3O2. The summed E-state index contributed by atoms with van der Waals surface area (Å²) in [7, 11) is 0. The van der Waals surface area contributed by atoms with Gasteiger partial charge in [0.25, 0.3) is 0 Å². The minimum atomic E-state index is 0. The average molecular weight is 390 g/mol. The first-order chi connectivity index (χ1) is 11.3. The lowest BCUT2D eigenvalue weighted by Gasteiger charge is -2.33. The first kappa shape index (κ1) is 22.2. The molecule has 2 saturated heterocycles. The molecule has 0 bridgehead atoms. The van der Waals surface area contributed by atoms with Crippen LogP contribution in [-0.4, -0.2) is 55.7 Å². The topological polar surface area (TPSA) is 53.6 Å². The highest BCUT2D eigenvalue weighted by Crippen LogP contribution is 2.11. The predicted molar refractivity (Wildman–Crippen MR) is 105 cm³/mol. The second-order valence-electron chi connectivity index (χ2n) is 6.51. The monoisotopic (exact) mass is 389 g/mol. The Labute approximate surface area is 162 Å². The van der Waals surface area contributed by atoms with Crippen LogP contribution in [0.2, 0.25) is 0 Å². The number of benzene rings is 1. The molecule has 0 spiro atoms. The highest BCUT2D eigenvalue weighted by molar-refractivity contribution is 5.85. The van der Waals surface area contributed by atoms with Gasteiger partial charge in [-0.25, -0.2) is 0 Å². The summed E-state index contributed by atoms with van der Waals surface area (Å²) in [4.78, 5) is 14.4. The normalized spacial score (nSPS) is 23.4. The van der Waals surface area contributed by atoms with Crippen LogP contribution in [0.4, 0.5) is 0 Å². The zero-order valence-corrected chi connectivity index (χ0v) is 16.1. The van der Waals surface area contributed by atoms with E-state index in [-0.39, 0.29) is 36.8 Å². The van der Waals surface area contributed by atoms with Gasteiger partial charge in [-0.15, -0.1) is 24.8 Å². The number of halogens is 2. The van der Waals surface area contributed by atoms with E-state index in [1.165, 1.54) is 12.0 Å². The fraction of sp³-hybridized carbons (Fsp3) is 0.611. The van der Waals surface area contributed by atoms with Crippen molar-refractivity contribution in [3.8, 4) is 0 Å². The van der Waals surface area contributed by atoms with E-state index in [1.807, 2.05) is 6.07 Å². The molecule has 0 aromatic heterocycles. The van der Waals surface area contributed by atoms with Gasteiger partial charge in [0.2, 0.25) is 5.91 Å². The number of nitrogens with one attached hydrogen (secondary N) is 2. The fourth-order valence-corrected chi connectivity index (χ4v) is 3.34. The predicted octanol–water partition coefficient (Wildman–Crippen LogP) is 1.99. The van der Waals surface area contributed by atoms with E-state index in [4.69, 9.17) is 4.74 Å². The number of amides is 1. The molecule has 1 amide bonds. The summed E-state index contributed by atoms with van der Waals surface area (Å²) < 4.78 is 5.79. The van der Waals surface area contributed by atoms with Crippen LogP contribution >= 0.6 is 24.8 Å². The molecule has 7 heteroatoms. The Morgan fingerprint density at radius 3 is 2.80 bits per heavy atom. The number of carbonyl (C=O) groups excluding carboxylic acids is 1. The maximum atomic E-state index is 12.0. The number of morpholine rings is 1. The molecule has 2 aliphatic rings. The Morgan fingerprint density at radius 2 is 2.08 bits per heavy atom. The van der Waals surface area contributed by atoms with Gasteiger partial charge in [-0.1, -0.05) is 30.3 Å². The summed E-state index contributed by atoms with van der Waals surface area (Å²) in [5.74, 6) is 0.133. The largest absolute Gasteiger partial charge is 0.374 e. The summed E-state index contributed by atoms with van der Waals surface area (Å²) in [5, 5.41) is 6.39. The van der Waals surface area contributed by atoms with Crippen LogP contribution in [0.15, 0.2) is 30.3 Å². The van der Waals surface area contributed by atoms with E-state index < -0.39 is 0 Å². The molecule has 2 unspecified atom stereocenters. The van der Waals surface area contributed by atoms with Gasteiger partial charge < -0.3 is 15.4 Å². The fourth-order valence-electron chi connectivity index (χ4n) is 3.34. The summed E-state index contributed by atoms with van der Waals surface area (Å²) in [6.07, 6.45) is 2.96. The molecule has 5 nitrogen and oxygen atoms in total. The lowest BCUT2D eigenvalue weighted by atomic mass is 10.1. The van der Waals surface area contributed by atoms with Gasteiger partial charge in [-0.05, 0) is 24.9 Å². The molecule has 0 aliphatic carbocycles. The minimum Gasteiger partial charge on any atom is -0.374 e. The van der Waals surface area contributed by atoms with Crippen molar-refractivity contribution in [1.29, 1.82) is 0 Å². The third-order valence-corrected chi connectivity index (χ3v) is 4.59. The van der Waals surface area contributed by atoms with E-state index in [9.17, 15) is 4.79 Å². The molecule has 2 aliphatic heterocycles. The molecule has 2 heterocycles. The molecule has 2 N–H and O–H groups in total. The Balaban J connectivity index is 0.00000156. The lowest BCUT2D eigenvalue weighted by molar-refractivity contribution is -0.122. The van der Waals surface area contributed by atoms with E-state index in [0.717, 1.165) is 39.2 Å². The zero-order valence-electron chi connectivity index (χ0n) is 14.5. The average Bonchev–Trinajstić information content (AvgIpc) is 3.07. The van der Waals surface area contributed by atoms with Crippen molar-refractivity contribution in [1.82, 2.24) is 15.5 Å². The number of carbonyl (C=O) groups is 1. The smallest absolute Gasteiger partial charge is 0.221 e. The molecule has 2 fully saturated rings. The highest BCUT2D eigenvalue weighted by atomic mass is 35.5. The Morgan fingerprint density at radius 1 is 1.28 bits per heavy atom. The van der Waals surface area contributed by atoms with Crippen LogP contribution < -0.4 is 10.6 Å². The zero-order chi connectivity index (χ0) is 15.9. The summed E-state index contributed by atoms with van der Waals surface area (Å²) in [5.41, 5.74) is 1.32. The van der Waals surface area contributed by atoms with Crippen molar-refractivity contribution in [3.05, 3.63) is 35.9 Å². The van der Waals surface area contributed by atoms with Crippen LogP contribution in [-0.2, 0) is 16.1 Å². The van der Waals surface area contributed by atoms with Gasteiger partial charge in [0.1, 0.15) is 0 Å². The van der Waals surface area contributed by atoms with E-state index >= 15 is 0 Å². The molecule has 3 rings (SSSR count). The molecule has 0 saturated carbocycles. The van der Waals surface area contributed by atoms with E-state index in [1.54, 1.807) is 0 Å². The first-order valence-electron chi connectivity index (χ1n) is 8.67. The molecule has 0 radical (unpaired) electrons.